The van der Waals surface area contributed by atoms with Crippen LogP contribution >= 0.6 is 11.6 Å². The first-order valence-electron chi connectivity index (χ1n) is 6.96. The number of hydrogen-bond acceptors (Lipinski definition) is 2. The van der Waals surface area contributed by atoms with Gasteiger partial charge in [-0.15, -0.1) is 0 Å². The van der Waals surface area contributed by atoms with Crippen LogP contribution in [0.25, 0.3) is 0 Å². The molecule has 2 nitrogen and oxygen atoms in total. The average molecular weight is 267 g/mol. The third kappa shape index (κ3) is 2.81. The third-order valence-corrected chi connectivity index (χ3v) is 4.13. The molecule has 0 bridgehead atoms. The van der Waals surface area contributed by atoms with Crippen molar-refractivity contribution in [2.45, 2.75) is 45.2 Å². The molecule has 18 heavy (non-hydrogen) atoms. The van der Waals surface area contributed by atoms with Crippen molar-refractivity contribution in [3.8, 4) is 0 Å². The van der Waals surface area contributed by atoms with Gasteiger partial charge in [-0.25, -0.2) is 0 Å². The molecule has 0 radical (unpaired) electrons. The molecule has 1 aliphatic heterocycles. The van der Waals surface area contributed by atoms with E-state index >= 15 is 0 Å². The monoisotopic (exact) mass is 266 g/mol. The summed E-state index contributed by atoms with van der Waals surface area (Å²) in [7, 11) is 1.98. The van der Waals surface area contributed by atoms with Gasteiger partial charge in [-0.2, -0.15) is 0 Å². The Balaban J connectivity index is 2.35. The fourth-order valence-corrected chi connectivity index (χ4v) is 3.24. The second-order valence-corrected chi connectivity index (χ2v) is 5.44. The van der Waals surface area contributed by atoms with Gasteiger partial charge >= 0.3 is 0 Å². The van der Waals surface area contributed by atoms with Crippen LogP contribution in [0.5, 0.6) is 0 Å². The van der Waals surface area contributed by atoms with Gasteiger partial charge in [0.2, 0.25) is 0 Å². The van der Waals surface area contributed by atoms with E-state index in [0.29, 0.717) is 6.04 Å². The Morgan fingerprint density at radius 3 is 2.94 bits per heavy atom. The van der Waals surface area contributed by atoms with Crippen molar-refractivity contribution in [3.05, 3.63) is 28.8 Å². The van der Waals surface area contributed by atoms with Gasteiger partial charge in [-0.05, 0) is 44.4 Å². The lowest BCUT2D eigenvalue weighted by molar-refractivity contribution is 0.449. The summed E-state index contributed by atoms with van der Waals surface area (Å²) in [5.74, 6) is 0. The Bertz CT molecular complexity index is 392. The molecule has 100 valence electrons. The minimum atomic E-state index is 0.647. The molecule has 2 rings (SSSR count). The van der Waals surface area contributed by atoms with Gasteiger partial charge < -0.3 is 10.2 Å². The molecule has 1 aliphatic rings. The lowest BCUT2D eigenvalue weighted by Crippen LogP contribution is -2.40. The lowest BCUT2D eigenvalue weighted by atomic mass is 9.98. The number of nitrogens with zero attached hydrogens (tertiary/aromatic N) is 1. The van der Waals surface area contributed by atoms with E-state index in [-0.39, 0.29) is 0 Å². The Morgan fingerprint density at radius 1 is 1.39 bits per heavy atom. The highest BCUT2D eigenvalue weighted by molar-refractivity contribution is 6.33. The highest BCUT2D eigenvalue weighted by Gasteiger charge is 2.24. The van der Waals surface area contributed by atoms with E-state index in [2.05, 4.69) is 23.2 Å². The maximum Gasteiger partial charge on any atom is 0.0643 e. The Morgan fingerprint density at radius 2 is 2.22 bits per heavy atom. The summed E-state index contributed by atoms with van der Waals surface area (Å²) in [4.78, 5) is 2.53. The molecule has 1 N–H and O–H groups in total. The molecular formula is C15H23ClN2. The maximum absolute atomic E-state index is 6.45. The molecule has 0 aromatic heterocycles. The van der Waals surface area contributed by atoms with E-state index in [0.717, 1.165) is 18.1 Å². The number of nitrogens with one attached hydrogen (secondary N) is 1. The number of halogens is 1. The molecule has 1 unspecified atom stereocenters. The van der Waals surface area contributed by atoms with Gasteiger partial charge in [0.15, 0.2) is 0 Å². The maximum atomic E-state index is 6.45. The van der Waals surface area contributed by atoms with Crippen LogP contribution in [0.15, 0.2) is 18.2 Å². The van der Waals surface area contributed by atoms with Crippen LogP contribution in [0.2, 0.25) is 5.02 Å². The van der Waals surface area contributed by atoms with E-state index in [1.807, 2.05) is 19.2 Å². The van der Waals surface area contributed by atoms with Crippen LogP contribution in [-0.4, -0.2) is 19.6 Å². The predicted molar refractivity (Wildman–Crippen MR) is 79.5 cm³/mol. The van der Waals surface area contributed by atoms with Crippen LogP contribution in [0.3, 0.4) is 0 Å². The first-order valence-corrected chi connectivity index (χ1v) is 7.34. The molecule has 1 fully saturated rings. The topological polar surface area (TPSA) is 15.3 Å². The van der Waals surface area contributed by atoms with Crippen LogP contribution in [0.1, 0.15) is 38.2 Å². The second-order valence-electron chi connectivity index (χ2n) is 5.03. The van der Waals surface area contributed by atoms with Crippen LogP contribution in [-0.2, 0) is 6.54 Å². The van der Waals surface area contributed by atoms with Gasteiger partial charge in [-0.3, -0.25) is 0 Å². The second kappa shape index (κ2) is 6.44. The quantitative estimate of drug-likeness (QED) is 0.891. The number of piperidine rings is 1. The van der Waals surface area contributed by atoms with Crippen molar-refractivity contribution in [2.24, 2.45) is 0 Å². The summed E-state index contributed by atoms with van der Waals surface area (Å²) in [5.41, 5.74) is 2.56. The number of benzene rings is 1. The van der Waals surface area contributed by atoms with Gasteiger partial charge in [0.25, 0.3) is 0 Å². The predicted octanol–water partition coefficient (Wildman–Crippen LogP) is 3.83. The smallest absolute Gasteiger partial charge is 0.0643 e. The van der Waals surface area contributed by atoms with Gasteiger partial charge in [0.05, 0.1) is 10.7 Å². The molecule has 1 saturated heterocycles. The van der Waals surface area contributed by atoms with E-state index < -0.39 is 0 Å². The van der Waals surface area contributed by atoms with E-state index in [1.165, 1.54) is 36.9 Å². The highest BCUT2D eigenvalue weighted by Crippen LogP contribution is 2.35. The minimum Gasteiger partial charge on any atom is -0.367 e. The van der Waals surface area contributed by atoms with E-state index in [1.54, 1.807) is 0 Å². The van der Waals surface area contributed by atoms with E-state index in [4.69, 9.17) is 11.6 Å². The molecular weight excluding hydrogens is 244 g/mol. The molecule has 3 heteroatoms. The lowest BCUT2D eigenvalue weighted by Gasteiger charge is -2.38. The van der Waals surface area contributed by atoms with Crippen molar-refractivity contribution in [1.29, 1.82) is 0 Å². The zero-order valence-electron chi connectivity index (χ0n) is 11.4. The highest BCUT2D eigenvalue weighted by atomic mass is 35.5. The van der Waals surface area contributed by atoms with Gasteiger partial charge in [-0.1, -0.05) is 30.7 Å². The zero-order chi connectivity index (χ0) is 13.0. The normalized spacial score (nSPS) is 20.2. The fraction of sp³-hybridized carbons (Fsp3) is 0.600. The third-order valence-electron chi connectivity index (χ3n) is 3.82. The summed E-state index contributed by atoms with van der Waals surface area (Å²) in [6.07, 6.45) is 5.12. The molecule has 0 aliphatic carbocycles. The Hall–Kier alpha value is -0.730. The number of anilines is 1. The summed E-state index contributed by atoms with van der Waals surface area (Å²) in [6, 6.07) is 6.88. The summed E-state index contributed by atoms with van der Waals surface area (Å²) in [6.45, 7) is 4.29. The van der Waals surface area contributed by atoms with Gasteiger partial charge in [0.1, 0.15) is 0 Å². The van der Waals surface area contributed by atoms with Gasteiger partial charge in [0, 0.05) is 19.1 Å². The molecule has 1 aromatic carbocycles. The average Bonchev–Trinajstić information content (AvgIpc) is 2.39. The van der Waals surface area contributed by atoms with Crippen LogP contribution in [0, 0.1) is 0 Å². The van der Waals surface area contributed by atoms with Crippen molar-refractivity contribution in [2.75, 3.05) is 18.5 Å². The number of para-hydroxylation sites is 1. The first kappa shape index (κ1) is 13.7. The molecule has 1 aromatic rings. The zero-order valence-corrected chi connectivity index (χ0v) is 12.1. The molecule has 0 amide bonds. The summed E-state index contributed by atoms with van der Waals surface area (Å²) in [5, 5.41) is 4.13. The number of rotatable bonds is 4. The number of hydrogen-bond donors (Lipinski definition) is 1. The fourth-order valence-electron chi connectivity index (χ4n) is 2.93. The Labute approximate surface area is 115 Å². The van der Waals surface area contributed by atoms with Crippen LogP contribution < -0.4 is 10.2 Å². The molecule has 1 heterocycles. The standard InChI is InChI=1S/C15H23ClN2/c1-3-13-8-4-5-10-18(13)15-12(11-17-2)7-6-9-14(15)16/h6-7,9,13,17H,3-5,8,10-11H2,1-2H3. The SMILES string of the molecule is CCC1CCCCN1c1c(Cl)cccc1CNC. The minimum absolute atomic E-state index is 0.647. The van der Waals surface area contributed by atoms with E-state index in [9.17, 15) is 0 Å². The van der Waals surface area contributed by atoms with Crippen molar-refractivity contribution >= 4 is 17.3 Å². The molecule has 1 atom stereocenters. The largest absolute Gasteiger partial charge is 0.367 e. The molecule has 0 saturated carbocycles. The Kier molecular flexibility index (Phi) is 4.90. The summed E-state index contributed by atoms with van der Waals surface area (Å²) < 4.78 is 0. The van der Waals surface area contributed by atoms with Crippen molar-refractivity contribution in [1.82, 2.24) is 5.32 Å². The van der Waals surface area contributed by atoms with Crippen molar-refractivity contribution in [3.63, 3.8) is 0 Å². The first-order chi connectivity index (χ1) is 8.77. The van der Waals surface area contributed by atoms with Crippen molar-refractivity contribution < 1.29 is 0 Å². The van der Waals surface area contributed by atoms with Crippen LogP contribution in [0.4, 0.5) is 5.69 Å². The molecule has 0 spiro atoms. The summed E-state index contributed by atoms with van der Waals surface area (Å²) >= 11 is 6.45.